The molecule has 0 saturated heterocycles. The number of nitrogens with one attached hydrogen (secondary N) is 1. The van der Waals surface area contributed by atoms with Gasteiger partial charge in [0, 0.05) is 87.2 Å². The van der Waals surface area contributed by atoms with Crippen molar-refractivity contribution in [3.63, 3.8) is 0 Å². The first-order chi connectivity index (χ1) is 23.6. The maximum atomic E-state index is 13.7. The van der Waals surface area contributed by atoms with Crippen molar-refractivity contribution in [3.8, 4) is 22.8 Å². The number of aromatic nitrogens is 3. The number of carbonyl (C=O) groups excluding carboxylic acids is 1. The summed E-state index contributed by atoms with van der Waals surface area (Å²) in [5.74, 6) is 1.12. The second-order valence-electron chi connectivity index (χ2n) is 13.8. The number of ether oxygens (including phenoxy) is 2. The van der Waals surface area contributed by atoms with Crippen molar-refractivity contribution < 1.29 is 22.7 Å². The number of amides is 1. The number of para-hydroxylation sites is 1. The minimum Gasteiger partial charge on any atom is -0.493 e. The summed E-state index contributed by atoms with van der Waals surface area (Å²) in [6.07, 6.45) is 9.58. The Morgan fingerprint density at radius 3 is 2.57 bits per heavy atom. The van der Waals surface area contributed by atoms with E-state index in [2.05, 4.69) is 37.3 Å². The topological polar surface area (TPSA) is 114 Å². The SMILES string of the molecule is COc1cccc2c1OC[C@H]1Cn3c-2c(C2CCCCC2)c2ccc(cc23)C(=O)NS(=O)(=O)N(C)CCN(Cc2cnn(C)c2)CCN1C. The molecule has 0 radical (unpaired) electrons. The number of benzene rings is 2. The molecule has 1 amide bonds. The van der Waals surface area contributed by atoms with Crippen LogP contribution in [0.5, 0.6) is 11.5 Å². The monoisotopic (exact) mass is 689 g/mol. The molecule has 3 aliphatic rings. The highest BCUT2D eigenvalue weighted by Gasteiger charge is 2.33. The molecule has 2 aromatic carbocycles. The number of rotatable bonds is 4. The normalized spacial score (nSPS) is 21.6. The molecule has 13 heteroatoms. The number of hydrogen-bond acceptors (Lipinski definition) is 8. The van der Waals surface area contributed by atoms with E-state index in [0.717, 1.165) is 52.9 Å². The highest BCUT2D eigenvalue weighted by molar-refractivity contribution is 7.87. The molecule has 2 aromatic heterocycles. The predicted octanol–water partition coefficient (Wildman–Crippen LogP) is 4.21. The van der Waals surface area contributed by atoms with Gasteiger partial charge in [-0.15, -0.1) is 0 Å². The summed E-state index contributed by atoms with van der Waals surface area (Å²) in [6.45, 7) is 3.82. The van der Waals surface area contributed by atoms with E-state index in [0.29, 0.717) is 50.0 Å². The second kappa shape index (κ2) is 13.8. The number of aryl methyl sites for hydroxylation is 1. The van der Waals surface area contributed by atoms with Crippen LogP contribution in [0, 0.1) is 0 Å². The minimum atomic E-state index is -4.09. The summed E-state index contributed by atoms with van der Waals surface area (Å²) in [6, 6.07) is 11.7. The maximum Gasteiger partial charge on any atom is 0.303 e. The summed E-state index contributed by atoms with van der Waals surface area (Å²) in [4.78, 5) is 18.2. The lowest BCUT2D eigenvalue weighted by atomic mass is 9.81. The van der Waals surface area contributed by atoms with Crippen LogP contribution in [0.1, 0.15) is 59.5 Å². The Balaban J connectivity index is 1.39. The predicted molar refractivity (Wildman–Crippen MR) is 189 cm³/mol. The Bertz CT molecular complexity index is 1950. The maximum absolute atomic E-state index is 13.7. The van der Waals surface area contributed by atoms with Gasteiger partial charge in [0.2, 0.25) is 0 Å². The lowest BCUT2D eigenvalue weighted by molar-refractivity contribution is 0.0978. The molecule has 1 aliphatic carbocycles. The summed E-state index contributed by atoms with van der Waals surface area (Å²) >= 11 is 0. The van der Waals surface area contributed by atoms with Crippen LogP contribution >= 0.6 is 0 Å². The number of fused-ring (bicyclic) bond motifs is 4. The van der Waals surface area contributed by atoms with Crippen LogP contribution in [-0.4, -0.2) is 103 Å². The van der Waals surface area contributed by atoms with Gasteiger partial charge >= 0.3 is 10.2 Å². The summed E-state index contributed by atoms with van der Waals surface area (Å²) < 4.78 is 47.1. The van der Waals surface area contributed by atoms with Gasteiger partial charge in [-0.25, -0.2) is 4.72 Å². The lowest BCUT2D eigenvalue weighted by Gasteiger charge is -2.34. The molecule has 4 heterocycles. The molecule has 7 rings (SSSR count). The fourth-order valence-corrected chi connectivity index (χ4v) is 8.57. The summed E-state index contributed by atoms with van der Waals surface area (Å²) in [5, 5.41) is 5.43. The van der Waals surface area contributed by atoms with Crippen molar-refractivity contribution in [1.29, 1.82) is 0 Å². The molecule has 0 unspecified atom stereocenters. The van der Waals surface area contributed by atoms with E-state index in [-0.39, 0.29) is 12.6 Å². The lowest BCUT2D eigenvalue weighted by Crippen LogP contribution is -2.47. The molecule has 262 valence electrons. The molecule has 4 bridgehead atoms. The Kier molecular flexibility index (Phi) is 9.44. The molecular formula is C36H47N7O5S. The molecule has 1 N–H and O–H groups in total. The Labute approximate surface area is 288 Å². The molecule has 4 aromatic rings. The van der Waals surface area contributed by atoms with Gasteiger partial charge in [-0.2, -0.15) is 17.8 Å². The van der Waals surface area contributed by atoms with Gasteiger partial charge in [0.25, 0.3) is 5.91 Å². The van der Waals surface area contributed by atoms with Crippen LogP contribution in [0.15, 0.2) is 48.8 Å². The molecular weight excluding hydrogens is 643 g/mol. The van der Waals surface area contributed by atoms with Gasteiger partial charge in [0.15, 0.2) is 11.5 Å². The third-order valence-electron chi connectivity index (χ3n) is 10.6. The summed E-state index contributed by atoms with van der Waals surface area (Å²) in [5.41, 5.74) is 5.62. The number of methoxy groups -OCH3 is 1. The average Bonchev–Trinajstić information content (AvgIpc) is 3.65. The van der Waals surface area contributed by atoms with Crippen LogP contribution in [0.2, 0.25) is 0 Å². The van der Waals surface area contributed by atoms with Gasteiger partial charge in [0.1, 0.15) is 6.61 Å². The van der Waals surface area contributed by atoms with Crippen LogP contribution in [0.3, 0.4) is 0 Å². The molecule has 12 nitrogen and oxygen atoms in total. The highest BCUT2D eigenvalue weighted by atomic mass is 32.2. The smallest absolute Gasteiger partial charge is 0.303 e. The second-order valence-corrected chi connectivity index (χ2v) is 15.6. The van der Waals surface area contributed by atoms with E-state index in [1.165, 1.54) is 36.2 Å². The molecule has 2 aliphatic heterocycles. The molecule has 0 spiro atoms. The zero-order chi connectivity index (χ0) is 34.3. The van der Waals surface area contributed by atoms with Crippen molar-refractivity contribution >= 4 is 27.0 Å². The first kappa shape index (κ1) is 33.6. The highest BCUT2D eigenvalue weighted by Crippen LogP contribution is 2.49. The van der Waals surface area contributed by atoms with E-state index in [9.17, 15) is 13.2 Å². The van der Waals surface area contributed by atoms with Gasteiger partial charge in [-0.05, 0) is 55.6 Å². The molecule has 49 heavy (non-hydrogen) atoms. The van der Waals surface area contributed by atoms with E-state index >= 15 is 0 Å². The van der Waals surface area contributed by atoms with Gasteiger partial charge in [-0.3, -0.25) is 19.3 Å². The number of hydrogen-bond donors (Lipinski definition) is 1. The fourth-order valence-electron chi connectivity index (χ4n) is 7.74. The van der Waals surface area contributed by atoms with Crippen molar-refractivity contribution in [3.05, 3.63) is 65.5 Å². The van der Waals surface area contributed by atoms with Crippen molar-refractivity contribution in [2.24, 2.45) is 7.05 Å². The van der Waals surface area contributed by atoms with E-state index in [1.54, 1.807) is 17.9 Å². The van der Waals surface area contributed by atoms with E-state index in [1.807, 2.05) is 43.7 Å². The quantitative estimate of drug-likeness (QED) is 0.339. The van der Waals surface area contributed by atoms with Gasteiger partial charge in [0.05, 0.1) is 25.0 Å². The Morgan fingerprint density at radius 1 is 1.02 bits per heavy atom. The van der Waals surface area contributed by atoms with Crippen molar-refractivity contribution in [1.82, 2.24) is 33.2 Å². The third kappa shape index (κ3) is 6.69. The standard InChI is InChI=1S/C36H47N7O5S/c1-39-15-17-42(22-25-20-37-40(2)21-25)18-16-41(3)49(45,46)38-36(44)27-13-14-29-31(19-27)43-23-28(39)24-48-35-30(11-8-12-32(35)47-4)34(43)33(29)26-9-6-5-7-10-26/h8,11-14,19-21,26,28H,5-7,9-10,15-18,22-24H2,1-4H3,(H,38,44)/t28-/m1/s1. The van der Waals surface area contributed by atoms with Crippen molar-refractivity contribution in [2.45, 2.75) is 57.2 Å². The Hall–Kier alpha value is -3.91. The van der Waals surface area contributed by atoms with Crippen molar-refractivity contribution in [2.75, 3.05) is 54.0 Å². The van der Waals surface area contributed by atoms with Gasteiger partial charge in [-0.1, -0.05) is 31.4 Å². The average molecular weight is 690 g/mol. The first-order valence-electron chi connectivity index (χ1n) is 17.3. The van der Waals surface area contributed by atoms with Crippen LogP contribution in [0.25, 0.3) is 22.2 Å². The zero-order valence-corrected chi connectivity index (χ0v) is 29.7. The van der Waals surface area contributed by atoms with E-state index in [4.69, 9.17) is 9.47 Å². The minimum absolute atomic E-state index is 0.000278. The number of carbonyl (C=O) groups is 1. The van der Waals surface area contributed by atoms with Crippen LogP contribution in [0.4, 0.5) is 0 Å². The van der Waals surface area contributed by atoms with E-state index < -0.39 is 16.1 Å². The first-order valence-corrected chi connectivity index (χ1v) is 18.7. The molecule has 1 fully saturated rings. The van der Waals surface area contributed by atoms with Crippen LogP contribution < -0.4 is 14.2 Å². The Morgan fingerprint density at radius 2 is 1.82 bits per heavy atom. The number of nitrogens with zero attached hydrogens (tertiary/aromatic N) is 6. The largest absolute Gasteiger partial charge is 0.493 e. The third-order valence-corrected chi connectivity index (χ3v) is 12.0. The zero-order valence-electron chi connectivity index (χ0n) is 28.9. The van der Waals surface area contributed by atoms with Gasteiger partial charge < -0.3 is 14.0 Å². The number of likely N-dealkylation sites (N-methyl/N-ethyl adjacent to an activating group) is 2. The molecule has 1 atom stereocenters. The fraction of sp³-hybridized carbons (Fsp3) is 0.500. The van der Waals surface area contributed by atoms with Crippen LogP contribution in [-0.2, 0) is 30.3 Å². The summed E-state index contributed by atoms with van der Waals surface area (Å²) in [7, 11) is 3.12. The molecule has 1 saturated carbocycles.